The zero-order valence-electron chi connectivity index (χ0n) is 13.4. The minimum Gasteiger partial charge on any atom is -0.264 e. The summed E-state index contributed by atoms with van der Waals surface area (Å²) in [4.78, 5) is 12.9. The molecular formula is C14H11N6+. The monoisotopic (exact) mass is 266 g/mol. The molecular weight excluding hydrogens is 252 g/mol. The van der Waals surface area contributed by atoms with Crippen LogP contribution in [0.15, 0.2) is 36.9 Å². The van der Waals surface area contributed by atoms with Crippen LogP contribution in [0.4, 0.5) is 0 Å². The van der Waals surface area contributed by atoms with E-state index in [1.165, 1.54) is 4.57 Å². The van der Waals surface area contributed by atoms with Crippen molar-refractivity contribution in [3.05, 3.63) is 42.5 Å². The molecule has 0 unspecified atom stereocenters. The van der Waals surface area contributed by atoms with Crippen LogP contribution in [-0.4, -0.2) is 23.9 Å². The number of aryl methyl sites for hydroxylation is 1. The fourth-order valence-electron chi connectivity index (χ4n) is 2.92. The standard InChI is InChI=1S/C14H11N6/c1-18-12-10-7-15-5-3-9(10)8-20(12)11-13(18)19-6-2-4-16-14(19)17-11/h2-7H,8H2,1H3/q+1/i1D3. The Bertz CT molecular complexity index is 1090. The highest BCUT2D eigenvalue weighted by Gasteiger charge is 2.33. The number of aromatic nitrogens is 6. The van der Waals surface area contributed by atoms with Crippen molar-refractivity contribution in [3.8, 4) is 11.4 Å². The molecule has 0 atom stereocenters. The number of imidazole rings is 2. The summed E-state index contributed by atoms with van der Waals surface area (Å²) in [6.45, 7) is -1.75. The van der Waals surface area contributed by atoms with Crippen LogP contribution in [0.1, 0.15) is 9.68 Å². The van der Waals surface area contributed by atoms with Crippen LogP contribution in [-0.2, 0) is 13.5 Å². The van der Waals surface area contributed by atoms with E-state index in [-0.39, 0.29) is 0 Å². The Balaban J connectivity index is 2.01. The SMILES string of the molecule is [2H]C([2H])([2H])[n+]1c2n(c3nc4ncccn4c31)Cc1ccncc1-2. The van der Waals surface area contributed by atoms with Gasteiger partial charge in [-0.1, -0.05) is 0 Å². The van der Waals surface area contributed by atoms with E-state index in [4.69, 9.17) is 4.11 Å². The van der Waals surface area contributed by atoms with E-state index in [0.717, 1.165) is 11.1 Å². The first-order valence-electron chi connectivity index (χ1n) is 7.77. The third-order valence-electron chi connectivity index (χ3n) is 3.78. The summed E-state index contributed by atoms with van der Waals surface area (Å²) in [5.74, 6) is 1.10. The first-order valence-corrected chi connectivity index (χ1v) is 6.27. The number of fused-ring (bicyclic) bond motifs is 7. The Labute approximate surface area is 118 Å². The zero-order valence-corrected chi connectivity index (χ0v) is 10.4. The van der Waals surface area contributed by atoms with Crippen LogP contribution < -0.4 is 4.57 Å². The highest BCUT2D eigenvalue weighted by Crippen LogP contribution is 2.32. The average Bonchev–Trinajstić information content (AvgIpc) is 3.13. The predicted octanol–water partition coefficient (Wildman–Crippen LogP) is 0.932. The lowest BCUT2D eigenvalue weighted by molar-refractivity contribution is -0.636. The van der Waals surface area contributed by atoms with Gasteiger partial charge >= 0.3 is 0 Å². The summed E-state index contributed by atoms with van der Waals surface area (Å²) >= 11 is 0. The van der Waals surface area contributed by atoms with E-state index in [0.29, 0.717) is 29.4 Å². The predicted molar refractivity (Wildman–Crippen MR) is 72.0 cm³/mol. The minimum absolute atomic E-state index is 0.486. The Kier molecular flexibility index (Phi) is 1.24. The van der Waals surface area contributed by atoms with E-state index in [9.17, 15) is 0 Å². The van der Waals surface area contributed by atoms with Gasteiger partial charge in [0.1, 0.15) is 0 Å². The molecule has 0 aromatic carbocycles. The molecule has 6 nitrogen and oxygen atoms in total. The molecule has 0 amide bonds. The molecule has 0 N–H and O–H groups in total. The number of pyridine rings is 1. The summed E-state index contributed by atoms with van der Waals surface area (Å²) in [5, 5.41) is 0. The molecule has 0 spiro atoms. The second-order valence-electron chi connectivity index (χ2n) is 4.83. The lowest BCUT2D eigenvalue weighted by Crippen LogP contribution is -2.30. The topological polar surface area (TPSA) is 51.9 Å². The van der Waals surface area contributed by atoms with Gasteiger partial charge in [-0.25, -0.2) is 14.1 Å². The molecule has 0 saturated heterocycles. The van der Waals surface area contributed by atoms with Crippen LogP contribution in [0.2, 0.25) is 0 Å². The fraction of sp³-hybridized carbons (Fsp3) is 0.143. The highest BCUT2D eigenvalue weighted by molar-refractivity contribution is 5.76. The minimum atomic E-state index is -2.33. The number of nitrogens with zero attached hydrogens (tertiary/aromatic N) is 6. The summed E-state index contributed by atoms with van der Waals surface area (Å²) in [6.07, 6.45) is 6.85. The maximum Gasteiger partial charge on any atom is 0.299 e. The molecule has 0 bridgehead atoms. The van der Waals surface area contributed by atoms with Crippen LogP contribution in [0.25, 0.3) is 28.5 Å². The van der Waals surface area contributed by atoms with Gasteiger partial charge in [-0.05, 0) is 12.1 Å². The molecule has 4 aromatic rings. The summed E-state index contributed by atoms with van der Waals surface area (Å²) in [7, 11) is 0. The van der Waals surface area contributed by atoms with E-state index in [1.807, 2.05) is 10.6 Å². The van der Waals surface area contributed by atoms with E-state index in [1.54, 1.807) is 35.3 Å². The van der Waals surface area contributed by atoms with Crippen molar-refractivity contribution in [2.45, 2.75) is 6.54 Å². The molecule has 0 saturated carbocycles. The highest BCUT2D eigenvalue weighted by atomic mass is 15.3. The molecule has 1 aliphatic rings. The maximum atomic E-state index is 8.00. The first-order chi connectivity index (χ1) is 11.1. The lowest BCUT2D eigenvalue weighted by atomic mass is 10.2. The smallest absolute Gasteiger partial charge is 0.264 e. The zero-order chi connectivity index (χ0) is 15.8. The van der Waals surface area contributed by atoms with Crippen molar-refractivity contribution >= 4 is 17.1 Å². The van der Waals surface area contributed by atoms with E-state index < -0.39 is 6.98 Å². The quantitative estimate of drug-likeness (QED) is 0.392. The van der Waals surface area contributed by atoms with Crippen molar-refractivity contribution in [1.82, 2.24) is 23.9 Å². The van der Waals surface area contributed by atoms with Crippen molar-refractivity contribution in [2.24, 2.45) is 6.98 Å². The van der Waals surface area contributed by atoms with Crippen molar-refractivity contribution < 1.29 is 8.68 Å². The molecule has 96 valence electrons. The molecule has 0 radical (unpaired) electrons. The first kappa shape index (κ1) is 7.74. The van der Waals surface area contributed by atoms with Gasteiger partial charge < -0.3 is 0 Å². The molecule has 6 heteroatoms. The largest absolute Gasteiger partial charge is 0.299 e. The molecule has 5 heterocycles. The van der Waals surface area contributed by atoms with Crippen molar-refractivity contribution in [3.63, 3.8) is 0 Å². The third-order valence-corrected chi connectivity index (χ3v) is 3.78. The van der Waals surface area contributed by atoms with Gasteiger partial charge in [0.2, 0.25) is 5.82 Å². The molecule has 0 fully saturated rings. The van der Waals surface area contributed by atoms with Gasteiger partial charge in [0.15, 0.2) is 0 Å². The van der Waals surface area contributed by atoms with Gasteiger partial charge in [-0.3, -0.25) is 4.98 Å². The van der Waals surface area contributed by atoms with Crippen LogP contribution in [0.5, 0.6) is 0 Å². The van der Waals surface area contributed by atoms with Gasteiger partial charge in [0, 0.05) is 24.2 Å². The number of rotatable bonds is 0. The van der Waals surface area contributed by atoms with E-state index in [2.05, 4.69) is 15.0 Å². The normalized spacial score (nSPS) is 15.9. The van der Waals surface area contributed by atoms with Crippen LogP contribution >= 0.6 is 0 Å². The maximum absolute atomic E-state index is 8.00. The van der Waals surface area contributed by atoms with Gasteiger partial charge in [0.25, 0.3) is 17.1 Å². The van der Waals surface area contributed by atoms with Gasteiger partial charge in [-0.15, -0.1) is 0 Å². The summed E-state index contributed by atoms with van der Waals surface area (Å²) in [6, 6.07) is 3.67. The Morgan fingerprint density at radius 3 is 3.35 bits per heavy atom. The molecule has 0 aliphatic carbocycles. The second kappa shape index (κ2) is 3.22. The molecule has 20 heavy (non-hydrogen) atoms. The Morgan fingerprint density at radius 1 is 1.40 bits per heavy atom. The fourth-order valence-corrected chi connectivity index (χ4v) is 2.92. The molecule has 1 aliphatic heterocycles. The van der Waals surface area contributed by atoms with Crippen molar-refractivity contribution in [2.75, 3.05) is 0 Å². The Hall–Kier alpha value is -2.76. The van der Waals surface area contributed by atoms with Crippen molar-refractivity contribution in [1.29, 1.82) is 0 Å². The van der Waals surface area contributed by atoms with Crippen LogP contribution in [0, 0.1) is 0 Å². The number of hydrogen-bond acceptors (Lipinski definition) is 3. The Morgan fingerprint density at radius 2 is 2.40 bits per heavy atom. The van der Waals surface area contributed by atoms with Crippen LogP contribution in [0.3, 0.4) is 0 Å². The molecule has 5 rings (SSSR count). The summed E-state index contributed by atoms with van der Waals surface area (Å²) < 4.78 is 29.0. The third kappa shape index (κ3) is 1.01. The van der Waals surface area contributed by atoms with Gasteiger partial charge in [0.05, 0.1) is 29.4 Å². The second-order valence-corrected chi connectivity index (χ2v) is 4.83. The number of hydrogen-bond donors (Lipinski definition) is 0. The summed E-state index contributed by atoms with van der Waals surface area (Å²) in [5.41, 5.74) is 3.02. The average molecular weight is 266 g/mol. The van der Waals surface area contributed by atoms with E-state index >= 15 is 0 Å². The molecule has 4 aromatic heterocycles. The van der Waals surface area contributed by atoms with Gasteiger partial charge in [-0.2, -0.15) is 9.38 Å². The lowest BCUT2D eigenvalue weighted by Gasteiger charge is -1.96.